The van der Waals surface area contributed by atoms with Crippen LogP contribution in [0.1, 0.15) is 53.7 Å². The number of ether oxygens (including phenoxy) is 7. The quantitative estimate of drug-likeness (QED) is 0.141. The van der Waals surface area contributed by atoms with Crippen molar-refractivity contribution in [2.24, 2.45) is 22.7 Å². The van der Waals surface area contributed by atoms with E-state index in [0.717, 1.165) is 24.5 Å². The molecule has 0 bridgehead atoms. The van der Waals surface area contributed by atoms with Gasteiger partial charge in [0, 0.05) is 31.2 Å². The molecule has 1 N–H and O–H groups in total. The molecule has 51 heavy (non-hydrogen) atoms. The van der Waals surface area contributed by atoms with Crippen LogP contribution in [0.2, 0.25) is 0 Å². The van der Waals surface area contributed by atoms with Gasteiger partial charge in [-0.15, -0.1) is 5.10 Å². The van der Waals surface area contributed by atoms with Crippen molar-refractivity contribution in [3.63, 3.8) is 0 Å². The van der Waals surface area contributed by atoms with Gasteiger partial charge < -0.3 is 48.3 Å². The van der Waals surface area contributed by atoms with Crippen LogP contribution in [0.4, 0.5) is 4.79 Å². The van der Waals surface area contributed by atoms with E-state index in [9.17, 15) is 9.59 Å². The van der Waals surface area contributed by atoms with Gasteiger partial charge in [-0.1, -0.05) is 53.3 Å². The molecule has 1 aromatic heterocycles. The fourth-order valence-electron chi connectivity index (χ4n) is 5.44. The summed E-state index contributed by atoms with van der Waals surface area (Å²) in [5.74, 6) is 0.617. The summed E-state index contributed by atoms with van der Waals surface area (Å²) in [5.41, 5.74) is 1.71. The molecule has 3 rings (SSSR count). The number of rotatable bonds is 26. The van der Waals surface area contributed by atoms with Crippen molar-refractivity contribution in [3.05, 3.63) is 24.2 Å². The highest BCUT2D eigenvalue weighted by molar-refractivity contribution is 5.84. The molecule has 0 radical (unpaired) electrons. The van der Waals surface area contributed by atoms with Crippen molar-refractivity contribution in [2.45, 2.75) is 61.1 Å². The van der Waals surface area contributed by atoms with Crippen molar-refractivity contribution < 1.29 is 42.7 Å². The minimum atomic E-state index is -0.0998. The Morgan fingerprint density at radius 3 is 1.69 bits per heavy atom. The van der Waals surface area contributed by atoms with Crippen LogP contribution in [0.25, 0.3) is 0 Å². The number of nitrogens with zero attached hydrogens (tertiary/aromatic N) is 5. The second-order valence-corrected chi connectivity index (χ2v) is 15.1. The molecule has 2 fully saturated rings. The van der Waals surface area contributed by atoms with Gasteiger partial charge in [0.1, 0.15) is 5.69 Å². The fraction of sp³-hybridized carbons (Fsp3) is 0.833. The first-order valence-corrected chi connectivity index (χ1v) is 18.3. The summed E-state index contributed by atoms with van der Waals surface area (Å²) in [5, 5.41) is 11.3. The Morgan fingerprint density at radius 1 is 0.765 bits per heavy atom. The van der Waals surface area contributed by atoms with E-state index in [1.807, 2.05) is 11.1 Å². The minimum absolute atomic E-state index is 0.0171. The highest BCUT2D eigenvalue weighted by Crippen LogP contribution is 2.39. The number of carbonyl (C=O) groups excluding carboxylic acids is 2. The zero-order valence-electron chi connectivity index (χ0n) is 32.0. The SMILES string of the molecule is C=C1CC(C(C)(C)C)C(=O)N1Cc1cn(CCOCCOCCOCCOCCOCCOCCOCCNC(=O)N2CC(C(C)(C)C)C2)nn1. The first kappa shape index (κ1) is 42.8. The Labute approximate surface area is 304 Å². The number of allylic oxidation sites excluding steroid dienone is 1. The van der Waals surface area contributed by atoms with Gasteiger partial charge in [0.15, 0.2) is 0 Å². The summed E-state index contributed by atoms with van der Waals surface area (Å²) in [7, 11) is 0. The van der Waals surface area contributed by atoms with Gasteiger partial charge in [-0.2, -0.15) is 0 Å². The van der Waals surface area contributed by atoms with Crippen LogP contribution >= 0.6 is 0 Å². The molecule has 1 aromatic rings. The first-order chi connectivity index (χ1) is 24.4. The Balaban J connectivity index is 0.997. The molecule has 0 aliphatic carbocycles. The number of likely N-dealkylation sites (tertiary alicyclic amines) is 2. The van der Waals surface area contributed by atoms with Crippen molar-refractivity contribution in [3.8, 4) is 0 Å². The van der Waals surface area contributed by atoms with Crippen LogP contribution < -0.4 is 5.32 Å². The van der Waals surface area contributed by atoms with Gasteiger partial charge >= 0.3 is 6.03 Å². The molecule has 1 atom stereocenters. The monoisotopic (exact) mass is 724 g/mol. The van der Waals surface area contributed by atoms with Crippen molar-refractivity contribution in [1.29, 1.82) is 0 Å². The predicted molar refractivity (Wildman–Crippen MR) is 191 cm³/mol. The topological polar surface area (TPSA) is 148 Å². The zero-order valence-corrected chi connectivity index (χ0v) is 32.0. The molecule has 3 heterocycles. The predicted octanol–water partition coefficient (Wildman–Crippen LogP) is 2.99. The average Bonchev–Trinajstić information content (AvgIpc) is 3.61. The van der Waals surface area contributed by atoms with Gasteiger partial charge in [-0.05, 0) is 23.2 Å². The van der Waals surface area contributed by atoms with Crippen LogP contribution in [-0.4, -0.2) is 149 Å². The molecule has 2 aliphatic rings. The number of hydrogen-bond acceptors (Lipinski definition) is 11. The first-order valence-electron chi connectivity index (χ1n) is 18.3. The normalized spacial score (nSPS) is 17.1. The second kappa shape index (κ2) is 22.4. The average molecular weight is 725 g/mol. The van der Waals surface area contributed by atoms with Gasteiger partial charge in [0.05, 0.1) is 112 Å². The van der Waals surface area contributed by atoms with Crippen molar-refractivity contribution >= 4 is 11.9 Å². The third-order valence-corrected chi connectivity index (χ3v) is 8.95. The lowest BCUT2D eigenvalue weighted by atomic mass is 9.76. The molecule has 2 aliphatic heterocycles. The van der Waals surface area contributed by atoms with Crippen molar-refractivity contribution in [1.82, 2.24) is 30.1 Å². The molecule has 292 valence electrons. The van der Waals surface area contributed by atoms with Crippen LogP contribution in [0.15, 0.2) is 18.5 Å². The van der Waals surface area contributed by atoms with Crippen LogP contribution in [0, 0.1) is 22.7 Å². The van der Waals surface area contributed by atoms with Crippen LogP contribution in [0.5, 0.6) is 0 Å². The fourth-order valence-corrected chi connectivity index (χ4v) is 5.44. The van der Waals surface area contributed by atoms with E-state index in [1.54, 1.807) is 9.58 Å². The summed E-state index contributed by atoms with van der Waals surface area (Å²) >= 11 is 0. The maximum atomic E-state index is 12.8. The maximum Gasteiger partial charge on any atom is 0.317 e. The zero-order chi connectivity index (χ0) is 37.1. The number of aromatic nitrogens is 3. The van der Waals surface area contributed by atoms with E-state index in [2.05, 4.69) is 63.8 Å². The molecule has 1 unspecified atom stereocenters. The Bertz CT molecular complexity index is 1160. The molecule has 3 amide bonds. The lowest BCUT2D eigenvalue weighted by molar-refractivity contribution is -0.133. The van der Waals surface area contributed by atoms with E-state index in [1.165, 1.54) is 0 Å². The van der Waals surface area contributed by atoms with E-state index >= 15 is 0 Å². The summed E-state index contributed by atoms with van der Waals surface area (Å²) in [6.45, 7) is 26.8. The summed E-state index contributed by atoms with van der Waals surface area (Å²) in [4.78, 5) is 28.5. The number of carbonyl (C=O) groups is 2. The lowest BCUT2D eigenvalue weighted by Crippen LogP contribution is -2.57. The number of urea groups is 1. The minimum Gasteiger partial charge on any atom is -0.377 e. The Hall–Kier alpha value is -2.66. The molecule has 0 aromatic carbocycles. The summed E-state index contributed by atoms with van der Waals surface area (Å²) < 4.78 is 40.4. The molecule has 15 nitrogen and oxygen atoms in total. The Kier molecular flexibility index (Phi) is 18.8. The third-order valence-electron chi connectivity index (χ3n) is 8.95. The summed E-state index contributed by atoms with van der Waals surface area (Å²) in [6, 6.07) is -0.0171. The van der Waals surface area contributed by atoms with Crippen molar-refractivity contribution in [2.75, 3.05) is 112 Å². The Morgan fingerprint density at radius 2 is 1.24 bits per heavy atom. The van der Waals surface area contributed by atoms with Gasteiger partial charge in [0.25, 0.3) is 0 Å². The lowest BCUT2D eigenvalue weighted by Gasteiger charge is -2.46. The number of amides is 3. The largest absolute Gasteiger partial charge is 0.377 e. The molecular formula is C36H64N6O9. The number of nitrogens with one attached hydrogen (secondary N) is 1. The molecule has 15 heteroatoms. The number of hydrogen-bond donors (Lipinski definition) is 1. The highest BCUT2D eigenvalue weighted by Gasteiger charge is 2.42. The maximum absolute atomic E-state index is 12.8. The van der Waals surface area contributed by atoms with Gasteiger partial charge in [-0.25, -0.2) is 9.48 Å². The van der Waals surface area contributed by atoms with E-state index in [0.29, 0.717) is 124 Å². The summed E-state index contributed by atoms with van der Waals surface area (Å²) in [6.07, 6.45) is 2.53. The highest BCUT2D eigenvalue weighted by atomic mass is 16.6. The van der Waals surface area contributed by atoms with Crippen LogP contribution in [-0.2, 0) is 51.0 Å². The van der Waals surface area contributed by atoms with E-state index in [4.69, 9.17) is 33.2 Å². The molecule has 0 spiro atoms. The second-order valence-electron chi connectivity index (χ2n) is 15.1. The van der Waals surface area contributed by atoms with E-state index < -0.39 is 0 Å². The van der Waals surface area contributed by atoms with E-state index in [-0.39, 0.29) is 28.7 Å². The molecule has 2 saturated heterocycles. The third kappa shape index (κ3) is 16.3. The molecule has 0 saturated carbocycles. The van der Waals surface area contributed by atoms with Gasteiger partial charge in [0.2, 0.25) is 5.91 Å². The van der Waals surface area contributed by atoms with Gasteiger partial charge in [-0.3, -0.25) is 4.79 Å². The smallest absolute Gasteiger partial charge is 0.317 e. The van der Waals surface area contributed by atoms with Crippen LogP contribution in [0.3, 0.4) is 0 Å². The standard InChI is InChI=1S/C36H64N6O9/c1-29-24-32(36(5,6)7)33(43)42(29)28-31-27-41(39-38-31)9-11-46-13-15-48-17-19-50-21-23-51-22-20-49-18-16-47-14-12-45-10-8-37-34(44)40-25-30(26-40)35(2,3)4/h27,30,32H,1,8-26,28H2,2-7H3,(H,37,44). The molecular weight excluding hydrogens is 660 g/mol.